The summed E-state index contributed by atoms with van der Waals surface area (Å²) in [7, 11) is 1.59. The Labute approximate surface area is 187 Å². The van der Waals surface area contributed by atoms with Crippen molar-refractivity contribution in [2.24, 2.45) is 0 Å². The van der Waals surface area contributed by atoms with E-state index in [0.29, 0.717) is 13.2 Å². The summed E-state index contributed by atoms with van der Waals surface area (Å²) >= 11 is 0. The summed E-state index contributed by atoms with van der Waals surface area (Å²) in [6.45, 7) is 5.03. The molecular formula is C23H48BO5P. The smallest absolute Gasteiger partial charge is 0.189 e. The summed E-state index contributed by atoms with van der Waals surface area (Å²) in [4.78, 5) is 0. The van der Waals surface area contributed by atoms with Gasteiger partial charge in [-0.3, -0.25) is 4.57 Å². The Morgan fingerprint density at radius 2 is 1.33 bits per heavy atom. The van der Waals surface area contributed by atoms with Crippen molar-refractivity contribution < 1.29 is 23.3 Å². The van der Waals surface area contributed by atoms with E-state index in [1.165, 1.54) is 83.5 Å². The molecule has 1 aliphatic heterocycles. The molecule has 0 spiro atoms. The maximum atomic E-state index is 11.6. The molecule has 0 aromatic rings. The first-order valence-electron chi connectivity index (χ1n) is 12.5. The number of methoxy groups -OCH3 is 1. The Morgan fingerprint density at radius 3 is 1.80 bits per heavy atom. The van der Waals surface area contributed by atoms with Crippen molar-refractivity contribution in [1.82, 2.24) is 0 Å². The van der Waals surface area contributed by atoms with E-state index >= 15 is 0 Å². The predicted molar refractivity (Wildman–Crippen MR) is 129 cm³/mol. The Kier molecular flexibility index (Phi) is 17.5. The minimum absolute atomic E-state index is 0.0665. The maximum absolute atomic E-state index is 11.6. The van der Waals surface area contributed by atoms with Gasteiger partial charge in [-0.1, -0.05) is 90.4 Å². The third-order valence-corrected chi connectivity index (χ3v) is 6.59. The fourth-order valence-electron chi connectivity index (χ4n) is 4.29. The second-order valence-corrected chi connectivity index (χ2v) is 10.1. The van der Waals surface area contributed by atoms with E-state index < -0.39 is 8.03 Å². The van der Waals surface area contributed by atoms with E-state index in [4.69, 9.17) is 18.7 Å². The molecule has 1 rings (SSSR count). The van der Waals surface area contributed by atoms with Gasteiger partial charge in [-0.15, -0.1) is 0 Å². The molecule has 5 atom stereocenters. The molecule has 0 N–H and O–H groups in total. The predicted octanol–water partition coefficient (Wildman–Crippen LogP) is 5.35. The molecule has 1 saturated heterocycles. The topological polar surface area (TPSA) is 54.0 Å². The highest BCUT2D eigenvalue weighted by molar-refractivity contribution is 7.38. The molecule has 0 amide bonds. The van der Waals surface area contributed by atoms with Gasteiger partial charge >= 0.3 is 0 Å². The average Bonchev–Trinajstić information content (AvgIpc) is 2.99. The third kappa shape index (κ3) is 12.9. The lowest BCUT2D eigenvalue weighted by Crippen LogP contribution is -2.38. The van der Waals surface area contributed by atoms with Gasteiger partial charge in [-0.2, -0.15) is 0 Å². The number of rotatable bonds is 20. The molecule has 0 bridgehead atoms. The van der Waals surface area contributed by atoms with Crippen LogP contribution in [0.1, 0.15) is 96.8 Å². The molecule has 7 heteroatoms. The first-order valence-corrected chi connectivity index (χ1v) is 14.3. The average molecular weight is 446 g/mol. The lowest BCUT2D eigenvalue weighted by atomic mass is 9.93. The van der Waals surface area contributed by atoms with Crippen LogP contribution in [0.5, 0.6) is 0 Å². The third-order valence-electron chi connectivity index (χ3n) is 5.98. The number of hydrogen-bond acceptors (Lipinski definition) is 5. The molecule has 0 aliphatic carbocycles. The standard InChI is InChI=1S/C23H48BO5P/c1-4-5-6-7-8-9-10-11-12-13-14-15-16-17-18-27-22-21(29-30(3)25)20(19-26-2)28-23(22)24/h20-23,30H,4-19,24H2,1-3H3. The molecule has 0 aromatic heterocycles. The molecule has 5 unspecified atom stereocenters. The zero-order chi connectivity index (χ0) is 22.0. The van der Waals surface area contributed by atoms with Crippen LogP contribution in [0.4, 0.5) is 0 Å². The molecule has 0 aromatic carbocycles. The Bertz CT molecular complexity index is 426. The van der Waals surface area contributed by atoms with Crippen molar-refractivity contribution in [3.8, 4) is 0 Å². The zero-order valence-electron chi connectivity index (χ0n) is 20.2. The normalized spacial score (nSPS) is 25.0. The van der Waals surface area contributed by atoms with Crippen LogP contribution in [0, 0.1) is 0 Å². The highest BCUT2D eigenvalue weighted by atomic mass is 31.1. The first kappa shape index (κ1) is 28.2. The second-order valence-electron chi connectivity index (χ2n) is 8.84. The van der Waals surface area contributed by atoms with E-state index in [-0.39, 0.29) is 24.3 Å². The van der Waals surface area contributed by atoms with Crippen LogP contribution < -0.4 is 0 Å². The second kappa shape index (κ2) is 18.7. The van der Waals surface area contributed by atoms with Gasteiger partial charge in [0, 0.05) is 20.4 Å². The largest absolute Gasteiger partial charge is 0.382 e. The van der Waals surface area contributed by atoms with Crippen LogP contribution in [0.25, 0.3) is 0 Å². The van der Waals surface area contributed by atoms with Gasteiger partial charge in [-0.05, 0) is 6.42 Å². The maximum Gasteiger partial charge on any atom is 0.189 e. The minimum atomic E-state index is -2.05. The van der Waals surface area contributed by atoms with Crippen LogP contribution in [0.2, 0.25) is 0 Å². The monoisotopic (exact) mass is 446 g/mol. The molecule has 1 heterocycles. The number of unbranched alkanes of at least 4 members (excludes halogenated alkanes) is 13. The van der Waals surface area contributed by atoms with E-state index in [9.17, 15) is 4.57 Å². The summed E-state index contributed by atoms with van der Waals surface area (Å²) in [5, 5.41) is 0. The van der Waals surface area contributed by atoms with Gasteiger partial charge in [0.25, 0.3) is 0 Å². The van der Waals surface area contributed by atoms with E-state index in [1.54, 1.807) is 13.8 Å². The van der Waals surface area contributed by atoms with Crippen LogP contribution in [-0.2, 0) is 23.3 Å². The molecule has 30 heavy (non-hydrogen) atoms. The number of hydrogen-bond donors (Lipinski definition) is 0. The molecular weight excluding hydrogens is 398 g/mol. The molecule has 1 aliphatic rings. The fourth-order valence-corrected chi connectivity index (χ4v) is 4.96. The van der Waals surface area contributed by atoms with Gasteiger partial charge in [0.1, 0.15) is 26.2 Å². The summed E-state index contributed by atoms with van der Waals surface area (Å²) < 4.78 is 34.5. The molecule has 5 nitrogen and oxygen atoms in total. The Balaban J connectivity index is 2.00. The SMILES string of the molecule is BC1OC(COC)C(O[PH](C)=O)C1OCCCCCCCCCCCCCCCC. The fraction of sp³-hybridized carbons (Fsp3) is 1.00. The van der Waals surface area contributed by atoms with Crippen molar-refractivity contribution in [2.75, 3.05) is 27.0 Å². The Hall–Kier alpha value is 0.135. The van der Waals surface area contributed by atoms with Gasteiger partial charge < -0.3 is 18.7 Å². The molecule has 0 radical (unpaired) electrons. The van der Waals surface area contributed by atoms with Crippen molar-refractivity contribution in [3.05, 3.63) is 0 Å². The van der Waals surface area contributed by atoms with Gasteiger partial charge in [0.15, 0.2) is 8.03 Å². The minimum Gasteiger partial charge on any atom is -0.382 e. The van der Waals surface area contributed by atoms with Crippen molar-refractivity contribution >= 4 is 15.9 Å². The molecule has 1 fully saturated rings. The van der Waals surface area contributed by atoms with Crippen LogP contribution >= 0.6 is 8.03 Å². The van der Waals surface area contributed by atoms with Crippen LogP contribution in [-0.4, -0.2) is 59.1 Å². The van der Waals surface area contributed by atoms with E-state index in [2.05, 4.69) is 6.92 Å². The van der Waals surface area contributed by atoms with Crippen molar-refractivity contribution in [2.45, 2.75) is 121 Å². The first-order chi connectivity index (χ1) is 14.6. The summed E-state index contributed by atoms with van der Waals surface area (Å²) in [6, 6.07) is -0.0665. The Morgan fingerprint density at radius 1 is 0.833 bits per heavy atom. The van der Waals surface area contributed by atoms with E-state index in [0.717, 1.165) is 6.42 Å². The zero-order valence-corrected chi connectivity index (χ0v) is 21.2. The highest BCUT2D eigenvalue weighted by Gasteiger charge is 2.44. The summed E-state index contributed by atoms with van der Waals surface area (Å²) in [5.74, 6) is 0. The molecule has 178 valence electrons. The van der Waals surface area contributed by atoms with Gasteiger partial charge in [0.2, 0.25) is 0 Å². The van der Waals surface area contributed by atoms with E-state index in [1.807, 2.05) is 7.85 Å². The van der Waals surface area contributed by atoms with Crippen molar-refractivity contribution in [3.63, 3.8) is 0 Å². The van der Waals surface area contributed by atoms with Crippen LogP contribution in [0.15, 0.2) is 0 Å². The van der Waals surface area contributed by atoms with Crippen molar-refractivity contribution in [1.29, 1.82) is 0 Å². The van der Waals surface area contributed by atoms with Gasteiger partial charge in [-0.25, -0.2) is 0 Å². The number of ether oxygens (including phenoxy) is 3. The molecule has 0 saturated carbocycles. The summed E-state index contributed by atoms with van der Waals surface area (Å²) in [6.07, 6.45) is 18.2. The van der Waals surface area contributed by atoms with Crippen LogP contribution in [0.3, 0.4) is 0 Å². The quantitative estimate of drug-likeness (QED) is 0.143. The lowest BCUT2D eigenvalue weighted by Gasteiger charge is -2.23. The van der Waals surface area contributed by atoms with Gasteiger partial charge in [0.05, 0.1) is 12.6 Å². The summed E-state index contributed by atoms with van der Waals surface area (Å²) in [5.41, 5.74) is 0. The lowest BCUT2D eigenvalue weighted by molar-refractivity contribution is -0.0179. The highest BCUT2D eigenvalue weighted by Crippen LogP contribution is 2.32.